The number of benzene rings is 1. The summed E-state index contributed by atoms with van der Waals surface area (Å²) in [7, 11) is 1.31. The van der Waals surface area contributed by atoms with Crippen molar-refractivity contribution < 1.29 is 18.7 Å². The van der Waals surface area contributed by atoms with Gasteiger partial charge in [0.05, 0.1) is 31.5 Å². The Morgan fingerprint density at radius 2 is 1.97 bits per heavy atom. The summed E-state index contributed by atoms with van der Waals surface area (Å²) in [5.74, 6) is -0.282. The number of aromatic nitrogens is 4. The number of Topliss-reactive ketones (excluding diaryl/α,β-unsaturated/α-hetero) is 1. The number of ketones is 1. The van der Waals surface area contributed by atoms with Crippen LogP contribution in [0.2, 0.25) is 0 Å². The van der Waals surface area contributed by atoms with E-state index in [4.69, 9.17) is 14.9 Å². The Labute approximate surface area is 177 Å². The summed E-state index contributed by atoms with van der Waals surface area (Å²) in [6.07, 6.45) is 2.94. The molecule has 0 saturated heterocycles. The maximum absolute atomic E-state index is 12.9. The van der Waals surface area contributed by atoms with Crippen LogP contribution in [0, 0.1) is 0 Å². The number of methoxy groups -OCH3 is 1. The van der Waals surface area contributed by atoms with Gasteiger partial charge in [-0.2, -0.15) is 15.1 Å². The van der Waals surface area contributed by atoms with E-state index in [0.29, 0.717) is 22.4 Å². The van der Waals surface area contributed by atoms with Crippen molar-refractivity contribution in [2.75, 3.05) is 24.7 Å². The van der Waals surface area contributed by atoms with Gasteiger partial charge >= 0.3 is 5.97 Å². The quantitative estimate of drug-likeness (QED) is 0.340. The van der Waals surface area contributed by atoms with Crippen LogP contribution in [-0.2, 0) is 15.1 Å². The van der Waals surface area contributed by atoms with E-state index in [1.807, 2.05) is 18.2 Å². The number of hydrogen-bond donors (Lipinski definition) is 2. The minimum absolute atomic E-state index is 0.0394. The normalized spacial score (nSPS) is 13.0. The van der Waals surface area contributed by atoms with Crippen LogP contribution in [0.1, 0.15) is 23.0 Å². The predicted molar refractivity (Wildman–Crippen MR) is 112 cm³/mol. The first-order valence-corrected chi connectivity index (χ1v) is 9.41. The summed E-state index contributed by atoms with van der Waals surface area (Å²) in [5.41, 5.74) is 5.59. The van der Waals surface area contributed by atoms with Crippen molar-refractivity contribution in [2.45, 2.75) is 12.5 Å². The number of anilines is 2. The van der Waals surface area contributed by atoms with Crippen LogP contribution in [0.4, 0.5) is 11.8 Å². The number of nitrogen functional groups attached to an aromatic ring is 1. The number of nitrogens with one attached hydrogen (secondary N) is 1. The van der Waals surface area contributed by atoms with Gasteiger partial charge in [-0.05, 0) is 24.6 Å². The third kappa shape index (κ3) is 3.48. The average Bonchev–Trinajstić information content (AvgIpc) is 3.47. The van der Waals surface area contributed by atoms with E-state index in [-0.39, 0.29) is 24.0 Å². The van der Waals surface area contributed by atoms with Crippen LogP contribution in [0.25, 0.3) is 11.0 Å². The number of hydrogen-bond acceptors (Lipinski definition) is 9. The minimum atomic E-state index is -1.31. The van der Waals surface area contributed by atoms with E-state index in [1.165, 1.54) is 24.3 Å². The third-order valence-electron chi connectivity index (χ3n) is 5.00. The molecular formula is C21H20N6O4. The molecule has 0 spiro atoms. The zero-order valence-electron chi connectivity index (χ0n) is 16.9. The standard InChI is InChI=1S/C21H20N6O4/c1-21(19(29)30-2,13-7-4-3-5-8-13)27-18-14(11-24-27)17(25-20(22)26-18)23-12-15(28)16-9-6-10-31-16/h3-11H,12H2,1-2H3,(H3,22,23,25,26). The number of ether oxygens (including phenoxy) is 1. The van der Waals surface area contributed by atoms with Gasteiger partial charge in [0.25, 0.3) is 0 Å². The molecule has 3 N–H and O–H groups in total. The maximum Gasteiger partial charge on any atom is 0.338 e. The lowest BCUT2D eigenvalue weighted by molar-refractivity contribution is -0.148. The number of fused-ring (bicyclic) bond motifs is 1. The van der Waals surface area contributed by atoms with Gasteiger partial charge in [-0.3, -0.25) is 4.79 Å². The number of nitrogens with two attached hydrogens (primary N) is 1. The summed E-state index contributed by atoms with van der Waals surface area (Å²) in [6.45, 7) is 1.61. The fourth-order valence-corrected chi connectivity index (χ4v) is 3.36. The van der Waals surface area contributed by atoms with Crippen LogP contribution in [-0.4, -0.2) is 45.2 Å². The zero-order valence-corrected chi connectivity index (χ0v) is 16.9. The molecule has 1 aromatic carbocycles. The largest absolute Gasteiger partial charge is 0.467 e. The second kappa shape index (κ2) is 7.90. The lowest BCUT2D eigenvalue weighted by atomic mass is 9.92. The van der Waals surface area contributed by atoms with E-state index < -0.39 is 11.5 Å². The van der Waals surface area contributed by atoms with Gasteiger partial charge in [0.2, 0.25) is 11.7 Å². The van der Waals surface area contributed by atoms with Gasteiger partial charge in [0.1, 0.15) is 5.82 Å². The van der Waals surface area contributed by atoms with Gasteiger partial charge in [0.15, 0.2) is 16.9 Å². The highest BCUT2D eigenvalue weighted by atomic mass is 16.5. The van der Waals surface area contributed by atoms with E-state index in [1.54, 1.807) is 31.2 Å². The lowest BCUT2D eigenvalue weighted by Gasteiger charge is -2.28. The molecule has 3 heterocycles. The Morgan fingerprint density at radius 3 is 2.65 bits per heavy atom. The molecule has 0 radical (unpaired) electrons. The first kappa shape index (κ1) is 20.1. The molecular weight excluding hydrogens is 400 g/mol. The Balaban J connectivity index is 1.78. The SMILES string of the molecule is COC(=O)C(C)(c1ccccc1)n1ncc2c(NCC(=O)c3ccco3)nc(N)nc21. The van der Waals surface area contributed by atoms with E-state index in [9.17, 15) is 9.59 Å². The van der Waals surface area contributed by atoms with Crippen molar-refractivity contribution >= 4 is 34.6 Å². The third-order valence-corrected chi connectivity index (χ3v) is 5.00. The number of esters is 1. The lowest BCUT2D eigenvalue weighted by Crippen LogP contribution is -2.42. The van der Waals surface area contributed by atoms with Gasteiger partial charge in [0, 0.05) is 0 Å². The van der Waals surface area contributed by atoms with Crippen molar-refractivity contribution in [1.82, 2.24) is 19.7 Å². The van der Waals surface area contributed by atoms with Crippen LogP contribution in [0.15, 0.2) is 59.3 Å². The molecule has 158 valence electrons. The summed E-state index contributed by atoms with van der Waals surface area (Å²) < 4.78 is 11.6. The summed E-state index contributed by atoms with van der Waals surface area (Å²) >= 11 is 0. The highest BCUT2D eigenvalue weighted by Crippen LogP contribution is 2.32. The fourth-order valence-electron chi connectivity index (χ4n) is 3.36. The molecule has 0 saturated carbocycles. The van der Waals surface area contributed by atoms with Crippen molar-refractivity contribution in [1.29, 1.82) is 0 Å². The molecule has 1 unspecified atom stereocenters. The highest BCUT2D eigenvalue weighted by molar-refractivity contribution is 5.98. The van der Waals surface area contributed by atoms with Crippen LogP contribution in [0.3, 0.4) is 0 Å². The highest BCUT2D eigenvalue weighted by Gasteiger charge is 2.41. The second-order valence-electron chi connectivity index (χ2n) is 6.91. The van der Waals surface area contributed by atoms with Crippen molar-refractivity contribution in [3.63, 3.8) is 0 Å². The first-order chi connectivity index (χ1) is 14.9. The Bertz CT molecular complexity index is 1240. The molecule has 3 aromatic heterocycles. The zero-order chi connectivity index (χ0) is 22.0. The molecule has 31 heavy (non-hydrogen) atoms. The smallest absolute Gasteiger partial charge is 0.338 e. The topological polar surface area (TPSA) is 138 Å². The molecule has 0 aliphatic carbocycles. The van der Waals surface area contributed by atoms with Crippen molar-refractivity contribution in [3.05, 3.63) is 66.2 Å². The molecule has 0 aliphatic heterocycles. The Hall–Kier alpha value is -4.21. The van der Waals surface area contributed by atoms with E-state index >= 15 is 0 Å². The van der Waals surface area contributed by atoms with Gasteiger partial charge in [-0.1, -0.05) is 30.3 Å². The summed E-state index contributed by atoms with van der Waals surface area (Å²) in [6, 6.07) is 12.3. The molecule has 10 heteroatoms. The van der Waals surface area contributed by atoms with E-state index in [2.05, 4.69) is 20.4 Å². The number of nitrogens with zero attached hydrogens (tertiary/aromatic N) is 4. The van der Waals surface area contributed by atoms with Crippen molar-refractivity contribution in [3.8, 4) is 0 Å². The average molecular weight is 420 g/mol. The Kier molecular flexibility index (Phi) is 5.12. The molecule has 4 rings (SSSR count). The number of carbonyl (C=O) groups excluding carboxylic acids is 2. The summed E-state index contributed by atoms with van der Waals surface area (Å²) in [4.78, 5) is 33.6. The van der Waals surface area contributed by atoms with E-state index in [0.717, 1.165) is 0 Å². The number of rotatable bonds is 7. The number of carbonyl (C=O) groups is 2. The Morgan fingerprint density at radius 1 is 1.19 bits per heavy atom. The molecule has 4 aromatic rings. The molecule has 0 aliphatic rings. The minimum Gasteiger partial charge on any atom is -0.467 e. The molecule has 0 fully saturated rings. The molecule has 0 bridgehead atoms. The first-order valence-electron chi connectivity index (χ1n) is 9.41. The van der Waals surface area contributed by atoms with Crippen LogP contribution < -0.4 is 11.1 Å². The predicted octanol–water partition coefficient (Wildman–Crippen LogP) is 2.23. The van der Waals surface area contributed by atoms with Crippen LogP contribution in [0.5, 0.6) is 0 Å². The van der Waals surface area contributed by atoms with Gasteiger partial charge in [-0.15, -0.1) is 0 Å². The van der Waals surface area contributed by atoms with Crippen LogP contribution >= 0.6 is 0 Å². The summed E-state index contributed by atoms with van der Waals surface area (Å²) in [5, 5.41) is 7.85. The fraction of sp³-hybridized carbons (Fsp3) is 0.190. The van der Waals surface area contributed by atoms with Gasteiger partial charge in [-0.25, -0.2) is 9.48 Å². The van der Waals surface area contributed by atoms with Gasteiger partial charge < -0.3 is 20.2 Å². The molecule has 0 amide bonds. The second-order valence-corrected chi connectivity index (χ2v) is 6.91. The molecule has 10 nitrogen and oxygen atoms in total. The maximum atomic E-state index is 12.9. The van der Waals surface area contributed by atoms with Crippen molar-refractivity contribution in [2.24, 2.45) is 0 Å². The molecule has 1 atom stereocenters. The monoisotopic (exact) mass is 420 g/mol. The number of furan rings is 1.